The van der Waals surface area contributed by atoms with Crippen LogP contribution in [0.1, 0.15) is 33.0 Å². The van der Waals surface area contributed by atoms with Crippen molar-refractivity contribution in [1.29, 1.82) is 0 Å². The van der Waals surface area contributed by atoms with Gasteiger partial charge in [0.1, 0.15) is 11.2 Å². The number of carbonyl (C=O) groups excluding carboxylic acids is 2. The van der Waals surface area contributed by atoms with Gasteiger partial charge in [-0.2, -0.15) is 0 Å². The summed E-state index contributed by atoms with van der Waals surface area (Å²) in [6, 6.07) is 12.1. The van der Waals surface area contributed by atoms with Crippen molar-refractivity contribution in [2.75, 3.05) is 0 Å². The Bertz CT molecular complexity index is 1380. The van der Waals surface area contributed by atoms with Gasteiger partial charge in [0, 0.05) is 35.0 Å². The number of nitrogens with one attached hydrogen (secondary N) is 1. The van der Waals surface area contributed by atoms with Gasteiger partial charge in [-0.3, -0.25) is 19.0 Å². The highest BCUT2D eigenvalue weighted by atomic mass is 35.5. The molecule has 7 nitrogen and oxygen atoms in total. The molecule has 33 heavy (non-hydrogen) atoms. The number of pyridine rings is 2. The molecule has 9 heteroatoms. The van der Waals surface area contributed by atoms with Crippen molar-refractivity contribution in [2.24, 2.45) is 0 Å². The number of aromatic nitrogens is 3. The molecule has 168 valence electrons. The van der Waals surface area contributed by atoms with E-state index >= 15 is 0 Å². The van der Waals surface area contributed by atoms with Gasteiger partial charge < -0.3 is 5.32 Å². The number of hydrogen-bond donors (Lipinski definition) is 1. The molecule has 0 atom stereocenters. The zero-order valence-electron chi connectivity index (χ0n) is 17.9. The fraction of sp³-hybridized carbons (Fsp3) is 0.208. The highest BCUT2D eigenvalue weighted by Gasteiger charge is 2.18. The van der Waals surface area contributed by atoms with Crippen molar-refractivity contribution in [2.45, 2.75) is 32.9 Å². The van der Waals surface area contributed by atoms with E-state index in [-0.39, 0.29) is 30.9 Å². The molecule has 0 aliphatic heterocycles. The summed E-state index contributed by atoms with van der Waals surface area (Å²) < 4.78 is 1.28. The van der Waals surface area contributed by atoms with Crippen LogP contribution in [0.2, 0.25) is 5.02 Å². The minimum absolute atomic E-state index is 0.0348. The molecule has 0 saturated carbocycles. The number of hydrogen-bond acceptors (Lipinski definition) is 6. The molecule has 0 aliphatic rings. The number of fused-ring (bicyclic) bond motifs is 1. The number of Topliss-reactive ketones (excluding diaryl/α,β-unsaturated/α-hetero) is 1. The summed E-state index contributed by atoms with van der Waals surface area (Å²) in [5, 5.41) is 6.84. The molecular weight excluding hydrogens is 460 g/mol. The van der Waals surface area contributed by atoms with Gasteiger partial charge in [0.15, 0.2) is 5.78 Å². The molecule has 0 fully saturated rings. The van der Waals surface area contributed by atoms with Gasteiger partial charge in [0.2, 0.25) is 0 Å². The third-order valence-corrected chi connectivity index (χ3v) is 6.19. The number of thiazole rings is 1. The van der Waals surface area contributed by atoms with E-state index < -0.39 is 11.5 Å². The molecule has 3 aromatic heterocycles. The Balaban J connectivity index is 1.55. The van der Waals surface area contributed by atoms with Gasteiger partial charge in [-0.05, 0) is 49.2 Å². The number of ketones is 1. The van der Waals surface area contributed by atoms with Crippen molar-refractivity contribution in [3.05, 3.63) is 91.2 Å². The van der Waals surface area contributed by atoms with Crippen LogP contribution in [-0.2, 0) is 24.3 Å². The van der Waals surface area contributed by atoms with Crippen molar-refractivity contribution in [1.82, 2.24) is 19.9 Å². The minimum Gasteiger partial charge on any atom is -0.348 e. The van der Waals surface area contributed by atoms with E-state index in [2.05, 4.69) is 15.3 Å². The van der Waals surface area contributed by atoms with Crippen LogP contribution >= 0.6 is 22.9 Å². The van der Waals surface area contributed by atoms with Crippen LogP contribution in [0, 0.1) is 6.92 Å². The number of nitrogens with zero attached hydrogens (tertiary/aromatic N) is 3. The van der Waals surface area contributed by atoms with Crippen LogP contribution in [0.5, 0.6) is 0 Å². The van der Waals surface area contributed by atoms with Crippen LogP contribution in [-0.4, -0.2) is 26.2 Å². The zero-order chi connectivity index (χ0) is 23.4. The quantitative estimate of drug-likeness (QED) is 0.412. The predicted octanol–water partition coefficient (Wildman–Crippen LogP) is 3.95. The Morgan fingerprint density at radius 2 is 1.97 bits per heavy atom. The summed E-state index contributed by atoms with van der Waals surface area (Å²) in [5.74, 6) is -0.645. The van der Waals surface area contributed by atoms with E-state index in [4.69, 9.17) is 11.6 Å². The molecule has 0 saturated heterocycles. The number of aryl methyl sites for hydroxylation is 2. The largest absolute Gasteiger partial charge is 0.348 e. The van der Waals surface area contributed by atoms with Crippen molar-refractivity contribution in [3.63, 3.8) is 0 Å². The fourth-order valence-electron chi connectivity index (χ4n) is 3.44. The van der Waals surface area contributed by atoms with Crippen LogP contribution < -0.4 is 10.9 Å². The van der Waals surface area contributed by atoms with Crippen LogP contribution in [0.25, 0.3) is 11.0 Å². The van der Waals surface area contributed by atoms with E-state index in [9.17, 15) is 14.4 Å². The SMILES string of the molecule is Cc1nc(CCC(=O)Cn2c(=O)c(C(=O)NCc3ccc(Cl)cc3)cc3cccnc32)cs1. The van der Waals surface area contributed by atoms with Gasteiger partial charge in [-0.15, -0.1) is 11.3 Å². The number of amides is 1. The van der Waals surface area contributed by atoms with Gasteiger partial charge in [0.05, 0.1) is 17.2 Å². The van der Waals surface area contributed by atoms with Gasteiger partial charge >= 0.3 is 0 Å². The average Bonchev–Trinajstić information content (AvgIpc) is 3.24. The number of carbonyl (C=O) groups is 2. The third-order valence-electron chi connectivity index (χ3n) is 5.12. The number of benzene rings is 1. The Hall–Kier alpha value is -3.36. The average molecular weight is 481 g/mol. The molecule has 0 unspecified atom stereocenters. The molecule has 3 heterocycles. The van der Waals surface area contributed by atoms with Gasteiger partial charge in [0.25, 0.3) is 11.5 Å². The van der Waals surface area contributed by atoms with Crippen molar-refractivity contribution >= 4 is 45.7 Å². The molecule has 4 rings (SSSR count). The van der Waals surface area contributed by atoms with E-state index in [0.717, 1.165) is 16.3 Å². The fourth-order valence-corrected chi connectivity index (χ4v) is 4.21. The first-order chi connectivity index (χ1) is 15.9. The van der Waals surface area contributed by atoms with Crippen LogP contribution in [0.3, 0.4) is 0 Å². The Kier molecular flexibility index (Phi) is 6.96. The highest BCUT2D eigenvalue weighted by molar-refractivity contribution is 7.09. The topological polar surface area (TPSA) is 94.0 Å². The first kappa shape index (κ1) is 22.8. The molecule has 0 spiro atoms. The summed E-state index contributed by atoms with van der Waals surface area (Å²) in [4.78, 5) is 47.3. The maximum absolute atomic E-state index is 13.2. The number of rotatable bonds is 8. The Labute approximate surface area is 199 Å². The molecular formula is C24H21ClN4O3S. The van der Waals surface area contributed by atoms with E-state index in [1.807, 2.05) is 12.3 Å². The van der Waals surface area contributed by atoms with E-state index in [0.29, 0.717) is 22.5 Å². The van der Waals surface area contributed by atoms with Crippen LogP contribution in [0.4, 0.5) is 0 Å². The zero-order valence-corrected chi connectivity index (χ0v) is 19.4. The minimum atomic E-state index is -0.548. The monoisotopic (exact) mass is 480 g/mol. The lowest BCUT2D eigenvalue weighted by Crippen LogP contribution is -2.34. The Morgan fingerprint density at radius 3 is 2.70 bits per heavy atom. The summed E-state index contributed by atoms with van der Waals surface area (Å²) in [7, 11) is 0. The smallest absolute Gasteiger partial charge is 0.265 e. The maximum atomic E-state index is 13.2. The second-order valence-corrected chi connectivity index (χ2v) is 9.07. The summed E-state index contributed by atoms with van der Waals surface area (Å²) >= 11 is 7.43. The molecule has 0 aliphatic carbocycles. The first-order valence-corrected chi connectivity index (χ1v) is 11.6. The first-order valence-electron chi connectivity index (χ1n) is 10.3. The predicted molar refractivity (Wildman–Crippen MR) is 129 cm³/mol. The molecule has 1 aromatic carbocycles. The standard InChI is InChI=1S/C24H21ClN4O3S/c1-15-28-19(14-33-15)8-9-20(30)13-29-22-17(3-2-10-26-22)11-21(24(29)32)23(31)27-12-16-4-6-18(25)7-5-16/h2-7,10-11,14H,8-9,12-13H2,1H3,(H,27,31). The second kappa shape index (κ2) is 10.1. The summed E-state index contributed by atoms with van der Waals surface area (Å²) in [6.45, 7) is 2.00. The van der Waals surface area contributed by atoms with Gasteiger partial charge in [-0.25, -0.2) is 9.97 Å². The molecule has 0 radical (unpaired) electrons. The molecule has 4 aromatic rings. The lowest BCUT2D eigenvalue weighted by atomic mass is 10.1. The normalized spacial score (nSPS) is 11.0. The third kappa shape index (κ3) is 5.53. The Morgan fingerprint density at radius 1 is 1.18 bits per heavy atom. The van der Waals surface area contributed by atoms with Crippen LogP contribution in [0.15, 0.2) is 58.8 Å². The molecule has 1 amide bonds. The second-order valence-electron chi connectivity index (χ2n) is 7.57. The lowest BCUT2D eigenvalue weighted by Gasteiger charge is -2.12. The summed E-state index contributed by atoms with van der Waals surface area (Å²) in [5.41, 5.74) is 1.49. The summed E-state index contributed by atoms with van der Waals surface area (Å²) in [6.07, 6.45) is 2.31. The maximum Gasteiger partial charge on any atom is 0.265 e. The van der Waals surface area contributed by atoms with E-state index in [1.165, 1.54) is 22.0 Å². The lowest BCUT2D eigenvalue weighted by molar-refractivity contribution is -0.119. The van der Waals surface area contributed by atoms with E-state index in [1.54, 1.807) is 42.6 Å². The van der Waals surface area contributed by atoms with Crippen molar-refractivity contribution in [3.8, 4) is 0 Å². The van der Waals surface area contributed by atoms with Gasteiger partial charge in [-0.1, -0.05) is 23.7 Å². The molecule has 0 bridgehead atoms. The highest BCUT2D eigenvalue weighted by Crippen LogP contribution is 2.14. The van der Waals surface area contributed by atoms with Crippen molar-refractivity contribution < 1.29 is 9.59 Å². The number of halogens is 1. The molecule has 1 N–H and O–H groups in total.